The van der Waals surface area contributed by atoms with Crippen LogP contribution in [0.3, 0.4) is 0 Å². The summed E-state index contributed by atoms with van der Waals surface area (Å²) in [4.78, 5) is 14.6. The van der Waals surface area contributed by atoms with Crippen molar-refractivity contribution in [1.82, 2.24) is 15.5 Å². The number of carbonyl (C=O) groups excluding carboxylic acids is 1. The van der Waals surface area contributed by atoms with E-state index in [9.17, 15) is 4.79 Å². The number of anilines is 1. The molecule has 1 aliphatic heterocycles. The van der Waals surface area contributed by atoms with Crippen LogP contribution in [0.15, 0.2) is 36.4 Å². The zero-order valence-corrected chi connectivity index (χ0v) is 15.9. The van der Waals surface area contributed by atoms with E-state index in [2.05, 4.69) is 53.3 Å². The lowest BCUT2D eigenvalue weighted by Crippen LogP contribution is -2.44. The lowest BCUT2D eigenvalue weighted by molar-refractivity contribution is -0.125. The van der Waals surface area contributed by atoms with Crippen molar-refractivity contribution in [2.45, 2.75) is 33.6 Å². The molecule has 5 heteroatoms. The van der Waals surface area contributed by atoms with Gasteiger partial charge in [-0.1, -0.05) is 37.6 Å². The van der Waals surface area contributed by atoms with Crippen LogP contribution in [-0.4, -0.2) is 35.7 Å². The van der Waals surface area contributed by atoms with E-state index in [1.54, 1.807) is 0 Å². The summed E-state index contributed by atoms with van der Waals surface area (Å²) < 4.78 is 0. The molecule has 1 aromatic heterocycles. The summed E-state index contributed by atoms with van der Waals surface area (Å²) in [6, 6.07) is 12.3. The minimum Gasteiger partial charge on any atom is -0.356 e. The van der Waals surface area contributed by atoms with Gasteiger partial charge in [0.15, 0.2) is 5.82 Å². The number of nitrogens with zero attached hydrogens (tertiary/aromatic N) is 3. The van der Waals surface area contributed by atoms with Gasteiger partial charge in [0, 0.05) is 25.2 Å². The van der Waals surface area contributed by atoms with Gasteiger partial charge < -0.3 is 10.2 Å². The molecule has 26 heavy (non-hydrogen) atoms. The summed E-state index contributed by atoms with van der Waals surface area (Å²) >= 11 is 0. The Labute approximate surface area is 155 Å². The average molecular weight is 352 g/mol. The second-order valence-electron chi connectivity index (χ2n) is 7.57. The number of hydrogen-bond donors (Lipinski definition) is 1. The summed E-state index contributed by atoms with van der Waals surface area (Å²) in [5.74, 6) is 1.51. The fraction of sp³-hybridized carbons (Fsp3) is 0.476. The largest absolute Gasteiger partial charge is 0.356 e. The van der Waals surface area contributed by atoms with E-state index in [4.69, 9.17) is 0 Å². The maximum absolute atomic E-state index is 12.4. The smallest absolute Gasteiger partial charge is 0.224 e. The standard InChI is InChI=1S/C21H28N4O/c1-15(2)13-22-21(26)18-8-5-11-25(14-18)20-10-9-19(23-24-20)17-7-4-6-16(3)12-17/h4,6-7,9-10,12,15,18H,5,8,11,13-14H2,1-3H3,(H,22,26)/t18-/m1/s1. The molecule has 2 aromatic rings. The molecule has 0 bridgehead atoms. The molecule has 1 saturated heterocycles. The lowest BCUT2D eigenvalue weighted by atomic mass is 9.97. The van der Waals surface area contributed by atoms with E-state index in [1.165, 1.54) is 5.56 Å². The number of carbonyl (C=O) groups is 1. The molecule has 3 rings (SSSR count). The molecule has 1 amide bonds. The number of aromatic nitrogens is 2. The Hall–Kier alpha value is -2.43. The quantitative estimate of drug-likeness (QED) is 0.895. The number of rotatable bonds is 5. The van der Waals surface area contributed by atoms with E-state index >= 15 is 0 Å². The average Bonchev–Trinajstić information content (AvgIpc) is 2.66. The highest BCUT2D eigenvalue weighted by atomic mass is 16.1. The predicted molar refractivity (Wildman–Crippen MR) is 105 cm³/mol. The Morgan fingerprint density at radius 1 is 1.27 bits per heavy atom. The second-order valence-corrected chi connectivity index (χ2v) is 7.57. The molecule has 0 unspecified atom stereocenters. The molecule has 0 saturated carbocycles. The Kier molecular flexibility index (Phi) is 5.86. The molecule has 1 aromatic carbocycles. The van der Waals surface area contributed by atoms with Crippen LogP contribution < -0.4 is 10.2 Å². The molecule has 0 spiro atoms. The molecule has 1 fully saturated rings. The zero-order chi connectivity index (χ0) is 18.5. The van der Waals surface area contributed by atoms with E-state index in [-0.39, 0.29) is 11.8 Å². The molecule has 0 radical (unpaired) electrons. The fourth-order valence-corrected chi connectivity index (χ4v) is 3.30. The third-order valence-corrected chi connectivity index (χ3v) is 4.77. The van der Waals surface area contributed by atoms with Gasteiger partial charge in [-0.2, -0.15) is 0 Å². The van der Waals surface area contributed by atoms with Crippen LogP contribution in [0, 0.1) is 18.8 Å². The zero-order valence-electron chi connectivity index (χ0n) is 15.9. The first-order valence-electron chi connectivity index (χ1n) is 9.46. The summed E-state index contributed by atoms with van der Waals surface area (Å²) in [5, 5.41) is 11.9. The summed E-state index contributed by atoms with van der Waals surface area (Å²) in [5.41, 5.74) is 3.16. The number of hydrogen-bond acceptors (Lipinski definition) is 4. The minimum absolute atomic E-state index is 0.0285. The highest BCUT2D eigenvalue weighted by Crippen LogP contribution is 2.24. The van der Waals surface area contributed by atoms with E-state index in [0.717, 1.165) is 43.0 Å². The van der Waals surface area contributed by atoms with Crippen molar-refractivity contribution in [3.63, 3.8) is 0 Å². The van der Waals surface area contributed by atoms with Gasteiger partial charge in [-0.05, 0) is 43.9 Å². The molecule has 2 heterocycles. The van der Waals surface area contributed by atoms with Crippen molar-refractivity contribution in [3.05, 3.63) is 42.0 Å². The van der Waals surface area contributed by atoms with Crippen LogP contribution in [-0.2, 0) is 4.79 Å². The van der Waals surface area contributed by atoms with Gasteiger partial charge in [-0.3, -0.25) is 4.79 Å². The Morgan fingerprint density at radius 2 is 2.12 bits per heavy atom. The topological polar surface area (TPSA) is 58.1 Å². The van der Waals surface area contributed by atoms with Crippen LogP contribution in [0.1, 0.15) is 32.3 Å². The van der Waals surface area contributed by atoms with Crippen LogP contribution in [0.2, 0.25) is 0 Å². The molecular formula is C21H28N4O. The van der Waals surface area contributed by atoms with Crippen molar-refractivity contribution >= 4 is 11.7 Å². The lowest BCUT2D eigenvalue weighted by Gasteiger charge is -2.32. The maximum Gasteiger partial charge on any atom is 0.224 e. The van der Waals surface area contributed by atoms with E-state index < -0.39 is 0 Å². The van der Waals surface area contributed by atoms with Gasteiger partial charge in [-0.15, -0.1) is 10.2 Å². The van der Waals surface area contributed by atoms with E-state index in [1.807, 2.05) is 24.3 Å². The van der Waals surface area contributed by atoms with Gasteiger partial charge in [-0.25, -0.2) is 0 Å². The molecular weight excluding hydrogens is 324 g/mol. The summed E-state index contributed by atoms with van der Waals surface area (Å²) in [7, 11) is 0. The predicted octanol–water partition coefficient (Wildman–Crippen LogP) is 3.44. The summed E-state index contributed by atoms with van der Waals surface area (Å²) in [6.45, 7) is 8.66. The third-order valence-electron chi connectivity index (χ3n) is 4.77. The first-order valence-corrected chi connectivity index (χ1v) is 9.46. The monoisotopic (exact) mass is 352 g/mol. The van der Waals surface area contributed by atoms with Gasteiger partial charge >= 0.3 is 0 Å². The third kappa shape index (κ3) is 4.59. The number of piperidine rings is 1. The van der Waals surface area contributed by atoms with Crippen molar-refractivity contribution in [1.29, 1.82) is 0 Å². The number of aryl methyl sites for hydroxylation is 1. The normalized spacial score (nSPS) is 17.4. The van der Waals surface area contributed by atoms with Crippen LogP contribution in [0.4, 0.5) is 5.82 Å². The Bertz CT molecular complexity index is 742. The number of nitrogens with one attached hydrogen (secondary N) is 1. The van der Waals surface area contributed by atoms with Crippen molar-refractivity contribution in [2.75, 3.05) is 24.5 Å². The van der Waals surface area contributed by atoms with Crippen LogP contribution >= 0.6 is 0 Å². The Morgan fingerprint density at radius 3 is 2.81 bits per heavy atom. The van der Waals surface area contributed by atoms with Gasteiger partial charge in [0.2, 0.25) is 5.91 Å². The van der Waals surface area contributed by atoms with Crippen LogP contribution in [0.5, 0.6) is 0 Å². The second kappa shape index (κ2) is 8.30. The maximum atomic E-state index is 12.4. The molecule has 5 nitrogen and oxygen atoms in total. The molecule has 0 aliphatic carbocycles. The molecule has 138 valence electrons. The fourth-order valence-electron chi connectivity index (χ4n) is 3.30. The van der Waals surface area contributed by atoms with Crippen LogP contribution in [0.25, 0.3) is 11.3 Å². The molecule has 1 aliphatic rings. The Balaban J connectivity index is 1.66. The van der Waals surface area contributed by atoms with Crippen molar-refractivity contribution < 1.29 is 4.79 Å². The first kappa shape index (κ1) is 18.4. The number of amides is 1. The van der Waals surface area contributed by atoms with Crippen molar-refractivity contribution in [2.24, 2.45) is 11.8 Å². The molecule has 1 N–H and O–H groups in total. The van der Waals surface area contributed by atoms with E-state index in [0.29, 0.717) is 12.5 Å². The number of benzene rings is 1. The van der Waals surface area contributed by atoms with Gasteiger partial charge in [0.1, 0.15) is 0 Å². The first-order chi connectivity index (χ1) is 12.5. The van der Waals surface area contributed by atoms with Gasteiger partial charge in [0.05, 0.1) is 11.6 Å². The summed E-state index contributed by atoms with van der Waals surface area (Å²) in [6.07, 6.45) is 1.94. The highest BCUT2D eigenvalue weighted by Gasteiger charge is 2.26. The minimum atomic E-state index is 0.0285. The highest BCUT2D eigenvalue weighted by molar-refractivity contribution is 5.79. The molecule has 1 atom stereocenters. The van der Waals surface area contributed by atoms with Crippen molar-refractivity contribution in [3.8, 4) is 11.3 Å². The van der Waals surface area contributed by atoms with Gasteiger partial charge in [0.25, 0.3) is 0 Å². The SMILES string of the molecule is Cc1cccc(-c2ccc(N3CCC[C@@H](C(=O)NCC(C)C)C3)nn2)c1.